The third-order valence-corrected chi connectivity index (χ3v) is 6.86. The molecule has 3 amide bonds. The lowest BCUT2D eigenvalue weighted by Crippen LogP contribution is -2.46. The molecular formula is C25H27N3O5. The van der Waals surface area contributed by atoms with Crippen molar-refractivity contribution in [2.45, 2.75) is 44.1 Å². The van der Waals surface area contributed by atoms with Gasteiger partial charge in [-0.25, -0.2) is 0 Å². The normalized spacial score (nSPS) is 20.7. The summed E-state index contributed by atoms with van der Waals surface area (Å²) < 4.78 is 5.27. The van der Waals surface area contributed by atoms with Crippen LogP contribution < -0.4 is 20.3 Å². The highest BCUT2D eigenvalue weighted by Gasteiger charge is 2.36. The maximum absolute atomic E-state index is 12.6. The summed E-state index contributed by atoms with van der Waals surface area (Å²) in [5.41, 5.74) is 3.87. The van der Waals surface area contributed by atoms with Crippen molar-refractivity contribution < 1.29 is 24.2 Å². The van der Waals surface area contributed by atoms with Gasteiger partial charge in [0.1, 0.15) is 11.4 Å². The maximum atomic E-state index is 12.6. The Morgan fingerprint density at radius 2 is 1.88 bits per heavy atom. The topological polar surface area (TPSA) is 108 Å². The molecule has 0 unspecified atom stereocenters. The fraction of sp³-hybridized carbons (Fsp3) is 0.400. The molecule has 172 valence electrons. The molecule has 5 rings (SSSR count). The van der Waals surface area contributed by atoms with Gasteiger partial charge in [0.25, 0.3) is 0 Å². The predicted octanol–water partition coefficient (Wildman–Crippen LogP) is 1.81. The number of anilines is 2. The smallest absolute Gasteiger partial charge is 0.313 e. The summed E-state index contributed by atoms with van der Waals surface area (Å²) in [6, 6.07) is 9.12. The van der Waals surface area contributed by atoms with E-state index in [1.54, 1.807) is 19.2 Å². The number of benzene rings is 2. The monoisotopic (exact) mass is 449 g/mol. The standard InChI is InChI=1S/C25H27N3O5/c1-33-19-6-7-20-15(12-19)4-2-8-25(20,32)14-26-23(30)24(31)27-18-10-16-5-3-9-28-21(29)13-17(11-18)22(16)28/h6-7,10-12,32H,2-5,8-9,13-14H2,1H3,(H,26,30)(H,27,31)/t25-/m0/s1. The van der Waals surface area contributed by atoms with Crippen molar-refractivity contribution in [3.63, 3.8) is 0 Å². The number of hydrogen-bond acceptors (Lipinski definition) is 5. The first-order valence-corrected chi connectivity index (χ1v) is 11.3. The van der Waals surface area contributed by atoms with E-state index in [9.17, 15) is 19.5 Å². The lowest BCUT2D eigenvalue weighted by molar-refractivity contribution is -0.137. The molecule has 1 atom stereocenters. The first-order valence-electron chi connectivity index (χ1n) is 11.3. The van der Waals surface area contributed by atoms with Crippen LogP contribution in [0.2, 0.25) is 0 Å². The van der Waals surface area contributed by atoms with Crippen LogP contribution in [0.1, 0.15) is 41.5 Å². The summed E-state index contributed by atoms with van der Waals surface area (Å²) in [6.07, 6.45) is 4.11. The number of hydrogen-bond donors (Lipinski definition) is 3. The highest BCUT2D eigenvalue weighted by molar-refractivity contribution is 6.39. The zero-order valence-corrected chi connectivity index (χ0v) is 18.6. The number of nitrogens with one attached hydrogen (secondary N) is 2. The zero-order chi connectivity index (χ0) is 23.2. The maximum Gasteiger partial charge on any atom is 0.313 e. The summed E-state index contributed by atoms with van der Waals surface area (Å²) in [6.45, 7) is 0.670. The van der Waals surface area contributed by atoms with Gasteiger partial charge in [0.05, 0.1) is 25.8 Å². The molecule has 0 fully saturated rings. The van der Waals surface area contributed by atoms with Crippen LogP contribution in [-0.4, -0.2) is 43.0 Å². The summed E-state index contributed by atoms with van der Waals surface area (Å²) in [5.74, 6) is -0.810. The molecule has 0 radical (unpaired) electrons. The molecule has 0 spiro atoms. The Hall–Kier alpha value is -3.39. The van der Waals surface area contributed by atoms with E-state index >= 15 is 0 Å². The number of fused-ring (bicyclic) bond motifs is 1. The van der Waals surface area contributed by atoms with E-state index in [1.165, 1.54) is 0 Å². The minimum absolute atomic E-state index is 0.0581. The summed E-state index contributed by atoms with van der Waals surface area (Å²) in [5, 5.41) is 16.5. The SMILES string of the molecule is COc1ccc2c(c1)CCC[C@]2(O)CNC(=O)C(=O)Nc1cc2c3c(c1)CC(=O)N3CCC2. The molecule has 3 N–H and O–H groups in total. The number of aryl methyl sites for hydroxylation is 2. The van der Waals surface area contributed by atoms with Crippen molar-refractivity contribution in [1.29, 1.82) is 0 Å². The van der Waals surface area contributed by atoms with Crippen LogP contribution in [0, 0.1) is 0 Å². The number of aliphatic hydroxyl groups is 1. The molecule has 8 nitrogen and oxygen atoms in total. The van der Waals surface area contributed by atoms with Crippen molar-refractivity contribution in [1.82, 2.24) is 5.32 Å². The number of methoxy groups -OCH3 is 1. The van der Waals surface area contributed by atoms with Crippen molar-refractivity contribution in [2.24, 2.45) is 0 Å². The average Bonchev–Trinajstić information content (AvgIpc) is 3.14. The van der Waals surface area contributed by atoms with Gasteiger partial charge in [-0.15, -0.1) is 0 Å². The first kappa shape index (κ1) is 21.5. The highest BCUT2D eigenvalue weighted by atomic mass is 16.5. The van der Waals surface area contributed by atoms with Crippen LogP contribution in [0.25, 0.3) is 0 Å². The van der Waals surface area contributed by atoms with E-state index < -0.39 is 17.4 Å². The predicted molar refractivity (Wildman–Crippen MR) is 122 cm³/mol. The van der Waals surface area contributed by atoms with Gasteiger partial charge in [-0.2, -0.15) is 0 Å². The molecule has 8 heteroatoms. The van der Waals surface area contributed by atoms with E-state index in [1.807, 2.05) is 23.1 Å². The zero-order valence-electron chi connectivity index (χ0n) is 18.6. The number of carbonyl (C=O) groups excluding carboxylic acids is 3. The minimum Gasteiger partial charge on any atom is -0.497 e. The Labute approximate surface area is 191 Å². The van der Waals surface area contributed by atoms with E-state index in [0.29, 0.717) is 18.5 Å². The molecule has 0 saturated heterocycles. The summed E-state index contributed by atoms with van der Waals surface area (Å²) in [4.78, 5) is 39.1. The van der Waals surface area contributed by atoms with Gasteiger partial charge in [0.2, 0.25) is 5.91 Å². The van der Waals surface area contributed by atoms with Crippen molar-refractivity contribution in [2.75, 3.05) is 30.4 Å². The third kappa shape index (κ3) is 3.84. The molecule has 2 aromatic rings. The van der Waals surface area contributed by atoms with E-state index in [4.69, 9.17) is 4.74 Å². The lowest BCUT2D eigenvalue weighted by Gasteiger charge is -2.34. The second kappa shape index (κ2) is 8.19. The Morgan fingerprint density at radius 1 is 1.09 bits per heavy atom. The van der Waals surface area contributed by atoms with Gasteiger partial charge in [-0.05, 0) is 78.6 Å². The molecule has 2 aromatic carbocycles. The van der Waals surface area contributed by atoms with E-state index in [0.717, 1.165) is 65.9 Å². The molecule has 33 heavy (non-hydrogen) atoms. The van der Waals surface area contributed by atoms with Crippen LogP contribution in [0.4, 0.5) is 11.4 Å². The van der Waals surface area contributed by atoms with E-state index in [-0.39, 0.29) is 12.5 Å². The van der Waals surface area contributed by atoms with Crippen LogP contribution in [-0.2, 0) is 39.2 Å². The average molecular weight is 450 g/mol. The van der Waals surface area contributed by atoms with Crippen molar-refractivity contribution in [3.05, 3.63) is 52.6 Å². The fourth-order valence-electron chi connectivity index (χ4n) is 5.29. The van der Waals surface area contributed by atoms with Crippen LogP contribution in [0.3, 0.4) is 0 Å². The second-order valence-electron chi connectivity index (χ2n) is 9.01. The van der Waals surface area contributed by atoms with E-state index in [2.05, 4.69) is 10.6 Å². The van der Waals surface area contributed by atoms with Crippen molar-refractivity contribution in [3.8, 4) is 5.75 Å². The summed E-state index contributed by atoms with van der Waals surface area (Å²) >= 11 is 0. The van der Waals surface area contributed by atoms with Crippen LogP contribution in [0.15, 0.2) is 30.3 Å². The second-order valence-corrected chi connectivity index (χ2v) is 9.01. The molecule has 0 bridgehead atoms. The van der Waals surface area contributed by atoms with Crippen molar-refractivity contribution >= 4 is 29.1 Å². The molecule has 0 aromatic heterocycles. The quantitative estimate of drug-likeness (QED) is 0.617. The molecular weight excluding hydrogens is 422 g/mol. The van der Waals surface area contributed by atoms with Gasteiger partial charge in [-0.3, -0.25) is 14.4 Å². The third-order valence-electron chi connectivity index (χ3n) is 6.86. The van der Waals surface area contributed by atoms with Gasteiger partial charge < -0.3 is 25.4 Å². The number of amides is 3. The first-order chi connectivity index (χ1) is 15.9. The van der Waals surface area contributed by atoms with Crippen LogP contribution in [0.5, 0.6) is 5.75 Å². The molecule has 2 heterocycles. The molecule has 2 aliphatic heterocycles. The van der Waals surface area contributed by atoms with Gasteiger partial charge >= 0.3 is 11.8 Å². The number of rotatable bonds is 4. The minimum atomic E-state index is -1.24. The van der Waals surface area contributed by atoms with Gasteiger partial charge in [0.15, 0.2) is 0 Å². The Bertz CT molecular complexity index is 1160. The molecule has 1 aliphatic carbocycles. The Balaban J connectivity index is 1.26. The van der Waals surface area contributed by atoms with Gasteiger partial charge in [0, 0.05) is 12.2 Å². The molecule has 3 aliphatic rings. The largest absolute Gasteiger partial charge is 0.497 e. The van der Waals surface area contributed by atoms with Gasteiger partial charge in [-0.1, -0.05) is 6.07 Å². The lowest BCUT2D eigenvalue weighted by atomic mass is 9.79. The Morgan fingerprint density at radius 3 is 2.70 bits per heavy atom. The number of nitrogens with zero attached hydrogens (tertiary/aromatic N) is 1. The fourth-order valence-corrected chi connectivity index (χ4v) is 5.29. The summed E-state index contributed by atoms with van der Waals surface area (Å²) in [7, 11) is 1.60. The molecule has 0 saturated carbocycles. The number of ether oxygens (including phenoxy) is 1. The highest BCUT2D eigenvalue weighted by Crippen LogP contribution is 2.39. The Kier molecular flexibility index (Phi) is 5.32. The van der Waals surface area contributed by atoms with Crippen LogP contribution >= 0.6 is 0 Å². The number of carbonyl (C=O) groups is 3.